The summed E-state index contributed by atoms with van der Waals surface area (Å²) in [7, 11) is 4.00. The second-order valence-electron chi connectivity index (χ2n) is 4.77. The van der Waals surface area contributed by atoms with Crippen LogP contribution < -0.4 is 10.2 Å². The lowest BCUT2D eigenvalue weighted by molar-refractivity contribution is 0.717. The van der Waals surface area contributed by atoms with Crippen molar-refractivity contribution in [2.45, 2.75) is 20.3 Å². The van der Waals surface area contributed by atoms with Gasteiger partial charge in [0.25, 0.3) is 0 Å². The molecule has 1 aromatic rings. The van der Waals surface area contributed by atoms with Crippen LogP contribution in [0.15, 0.2) is 6.33 Å². The van der Waals surface area contributed by atoms with Crippen LogP contribution in [-0.2, 0) is 0 Å². The lowest BCUT2D eigenvalue weighted by atomic mass is 10.2. The third-order valence-corrected chi connectivity index (χ3v) is 3.44. The molecular formula is C12H20N4. The Morgan fingerprint density at radius 2 is 2.19 bits per heavy atom. The summed E-state index contributed by atoms with van der Waals surface area (Å²) in [6, 6.07) is 0. The zero-order valence-corrected chi connectivity index (χ0v) is 10.5. The number of anilines is 2. The Bertz CT molecular complexity index is 377. The Kier molecular flexibility index (Phi) is 2.99. The summed E-state index contributed by atoms with van der Waals surface area (Å²) in [5.74, 6) is 3.69. The molecule has 1 aliphatic rings. The summed E-state index contributed by atoms with van der Waals surface area (Å²) >= 11 is 0. The van der Waals surface area contributed by atoms with Crippen molar-refractivity contribution in [3.8, 4) is 0 Å². The van der Waals surface area contributed by atoms with Crippen LogP contribution in [0, 0.1) is 18.8 Å². The summed E-state index contributed by atoms with van der Waals surface area (Å²) in [5.41, 5.74) is 1.13. The zero-order chi connectivity index (χ0) is 11.7. The quantitative estimate of drug-likeness (QED) is 0.841. The highest BCUT2D eigenvalue weighted by Crippen LogP contribution is 2.38. The van der Waals surface area contributed by atoms with E-state index in [0.29, 0.717) is 0 Å². The number of hydrogen-bond donors (Lipinski definition) is 1. The molecule has 2 atom stereocenters. The Hall–Kier alpha value is -1.32. The van der Waals surface area contributed by atoms with Crippen molar-refractivity contribution in [1.29, 1.82) is 0 Å². The van der Waals surface area contributed by atoms with Crippen LogP contribution >= 0.6 is 0 Å². The minimum absolute atomic E-state index is 0.845. The molecule has 1 N–H and O–H groups in total. The monoisotopic (exact) mass is 220 g/mol. The van der Waals surface area contributed by atoms with Crippen LogP contribution in [0.1, 0.15) is 18.9 Å². The van der Waals surface area contributed by atoms with Gasteiger partial charge in [0.1, 0.15) is 18.0 Å². The van der Waals surface area contributed by atoms with E-state index in [1.54, 1.807) is 6.33 Å². The first kappa shape index (κ1) is 11.2. The van der Waals surface area contributed by atoms with E-state index in [0.717, 1.165) is 35.6 Å². The number of hydrogen-bond acceptors (Lipinski definition) is 4. The van der Waals surface area contributed by atoms with Crippen LogP contribution in [0.4, 0.5) is 11.6 Å². The molecule has 4 heteroatoms. The zero-order valence-electron chi connectivity index (χ0n) is 10.5. The number of rotatable bonds is 4. The predicted octanol–water partition coefficient (Wildman–Crippen LogP) is 1.92. The minimum atomic E-state index is 0.845. The van der Waals surface area contributed by atoms with Gasteiger partial charge in [0.15, 0.2) is 0 Å². The van der Waals surface area contributed by atoms with Gasteiger partial charge < -0.3 is 10.2 Å². The van der Waals surface area contributed by atoms with Crippen molar-refractivity contribution in [2.24, 2.45) is 11.8 Å². The molecule has 16 heavy (non-hydrogen) atoms. The van der Waals surface area contributed by atoms with Gasteiger partial charge >= 0.3 is 0 Å². The lowest BCUT2D eigenvalue weighted by Gasteiger charge is -2.20. The molecule has 1 aliphatic carbocycles. The van der Waals surface area contributed by atoms with Crippen molar-refractivity contribution < 1.29 is 0 Å². The van der Waals surface area contributed by atoms with Crippen molar-refractivity contribution in [1.82, 2.24) is 9.97 Å². The Morgan fingerprint density at radius 1 is 1.50 bits per heavy atom. The van der Waals surface area contributed by atoms with Crippen LogP contribution in [0.2, 0.25) is 0 Å². The van der Waals surface area contributed by atoms with Crippen LogP contribution in [0.5, 0.6) is 0 Å². The van der Waals surface area contributed by atoms with Gasteiger partial charge in [-0.1, -0.05) is 6.92 Å². The normalized spacial score (nSPS) is 23.0. The van der Waals surface area contributed by atoms with E-state index in [1.165, 1.54) is 6.42 Å². The number of aromatic nitrogens is 2. The summed E-state index contributed by atoms with van der Waals surface area (Å²) < 4.78 is 0. The highest BCUT2D eigenvalue weighted by Gasteiger charge is 2.33. The van der Waals surface area contributed by atoms with E-state index in [2.05, 4.69) is 41.1 Å². The molecule has 1 heterocycles. The maximum absolute atomic E-state index is 4.37. The van der Waals surface area contributed by atoms with Gasteiger partial charge in [-0.25, -0.2) is 9.97 Å². The molecule has 0 bridgehead atoms. The molecule has 4 nitrogen and oxygen atoms in total. The Morgan fingerprint density at radius 3 is 2.75 bits per heavy atom. The average molecular weight is 220 g/mol. The second-order valence-corrected chi connectivity index (χ2v) is 4.77. The van der Waals surface area contributed by atoms with E-state index in [1.807, 2.05) is 7.05 Å². The summed E-state index contributed by atoms with van der Waals surface area (Å²) in [5, 5.41) is 3.09. The van der Waals surface area contributed by atoms with Crippen molar-refractivity contribution >= 4 is 11.6 Å². The van der Waals surface area contributed by atoms with E-state index >= 15 is 0 Å². The molecule has 1 fully saturated rings. The summed E-state index contributed by atoms with van der Waals surface area (Å²) in [4.78, 5) is 10.8. The number of nitrogens with one attached hydrogen (secondary N) is 1. The fourth-order valence-electron chi connectivity index (χ4n) is 2.17. The Balaban J connectivity index is 2.12. The fourth-order valence-corrected chi connectivity index (χ4v) is 2.17. The highest BCUT2D eigenvalue weighted by molar-refractivity contribution is 5.57. The van der Waals surface area contributed by atoms with E-state index in [9.17, 15) is 0 Å². The SMILES string of the molecule is CNc1ncnc(N(C)CC2CC2C)c1C. The van der Waals surface area contributed by atoms with Gasteiger partial charge in [-0.15, -0.1) is 0 Å². The Labute approximate surface area is 97.1 Å². The molecule has 1 aromatic heterocycles. The molecule has 0 amide bonds. The molecule has 0 aliphatic heterocycles. The van der Waals surface area contributed by atoms with Gasteiger partial charge in [-0.2, -0.15) is 0 Å². The molecule has 88 valence electrons. The molecule has 0 saturated heterocycles. The first-order chi connectivity index (χ1) is 7.63. The van der Waals surface area contributed by atoms with Gasteiger partial charge in [0.2, 0.25) is 0 Å². The third kappa shape index (κ3) is 2.10. The van der Waals surface area contributed by atoms with Crippen molar-refractivity contribution in [2.75, 3.05) is 30.9 Å². The van der Waals surface area contributed by atoms with Gasteiger partial charge in [-0.05, 0) is 25.2 Å². The largest absolute Gasteiger partial charge is 0.373 e. The second kappa shape index (κ2) is 4.28. The predicted molar refractivity (Wildman–Crippen MR) is 66.9 cm³/mol. The molecule has 0 spiro atoms. The molecule has 1 saturated carbocycles. The van der Waals surface area contributed by atoms with Crippen molar-refractivity contribution in [3.05, 3.63) is 11.9 Å². The standard InChI is InChI=1S/C12H20N4/c1-8-5-10(8)6-16(4)12-9(2)11(13-3)14-7-15-12/h7-8,10H,5-6H2,1-4H3,(H,13,14,15). The first-order valence-electron chi connectivity index (χ1n) is 5.84. The van der Waals surface area contributed by atoms with Crippen LogP contribution in [0.25, 0.3) is 0 Å². The summed E-state index contributed by atoms with van der Waals surface area (Å²) in [6.45, 7) is 5.47. The molecule has 0 aromatic carbocycles. The highest BCUT2D eigenvalue weighted by atomic mass is 15.2. The first-order valence-corrected chi connectivity index (χ1v) is 5.84. The van der Waals surface area contributed by atoms with E-state index in [4.69, 9.17) is 0 Å². The topological polar surface area (TPSA) is 41.1 Å². The third-order valence-electron chi connectivity index (χ3n) is 3.44. The van der Waals surface area contributed by atoms with Gasteiger partial charge in [0.05, 0.1) is 0 Å². The van der Waals surface area contributed by atoms with Crippen LogP contribution in [0.3, 0.4) is 0 Å². The maximum Gasteiger partial charge on any atom is 0.136 e. The van der Waals surface area contributed by atoms with Crippen molar-refractivity contribution in [3.63, 3.8) is 0 Å². The van der Waals surface area contributed by atoms with Gasteiger partial charge in [-0.3, -0.25) is 0 Å². The minimum Gasteiger partial charge on any atom is -0.373 e. The van der Waals surface area contributed by atoms with E-state index in [-0.39, 0.29) is 0 Å². The molecular weight excluding hydrogens is 200 g/mol. The van der Waals surface area contributed by atoms with E-state index < -0.39 is 0 Å². The molecule has 2 unspecified atom stereocenters. The maximum atomic E-state index is 4.37. The number of nitrogens with zero attached hydrogens (tertiary/aromatic N) is 3. The molecule has 0 radical (unpaired) electrons. The average Bonchev–Trinajstić information content (AvgIpc) is 2.94. The van der Waals surface area contributed by atoms with Crippen LogP contribution in [-0.4, -0.2) is 30.6 Å². The smallest absolute Gasteiger partial charge is 0.136 e. The lowest BCUT2D eigenvalue weighted by Crippen LogP contribution is -2.23. The fraction of sp³-hybridized carbons (Fsp3) is 0.667. The molecule has 2 rings (SSSR count). The van der Waals surface area contributed by atoms with Gasteiger partial charge in [0, 0.05) is 26.2 Å². The summed E-state index contributed by atoms with van der Waals surface area (Å²) in [6.07, 6.45) is 2.98.